The van der Waals surface area contributed by atoms with E-state index in [1.54, 1.807) is 11.8 Å². The lowest BCUT2D eigenvalue weighted by Crippen LogP contribution is -2.49. The van der Waals surface area contributed by atoms with Gasteiger partial charge in [-0.1, -0.05) is 13.8 Å². The van der Waals surface area contributed by atoms with E-state index < -0.39 is 24.1 Å². The van der Waals surface area contributed by atoms with E-state index in [-0.39, 0.29) is 17.7 Å². The normalized spacial score (nSPS) is 22.9. The lowest BCUT2D eigenvalue weighted by molar-refractivity contribution is -0.141. The fraction of sp³-hybridized carbons (Fsp3) is 0.846. The molecule has 1 aliphatic rings. The topological polar surface area (TPSA) is 89.9 Å². The number of hydrogen-bond acceptors (Lipinski definition) is 4. The van der Waals surface area contributed by atoms with Crippen LogP contribution in [-0.2, 0) is 4.79 Å². The predicted octanol–water partition coefficient (Wildman–Crippen LogP) is 1.14. The number of thioether (sulfide) groups is 1. The summed E-state index contributed by atoms with van der Waals surface area (Å²) in [4.78, 5) is 24.4. The number of amides is 2. The summed E-state index contributed by atoms with van der Waals surface area (Å²) in [7, 11) is 0. The van der Waals surface area contributed by atoms with E-state index in [0.29, 0.717) is 6.54 Å². The van der Waals surface area contributed by atoms with Crippen LogP contribution in [0.15, 0.2) is 0 Å². The van der Waals surface area contributed by atoms with Gasteiger partial charge in [-0.25, -0.2) is 9.59 Å². The molecule has 3 N–H and O–H groups in total. The standard InChI is InChI=1S/C13H24N2O4S/c1-4-13(5-2,20-3)8-14-12(19)15-7-9(16)6-10(15)11(17)18/h9-10,16H,4-8H2,1-3H3,(H,14,19)(H,17,18)/t9-,10-/m0/s1. The van der Waals surface area contributed by atoms with Crippen molar-refractivity contribution < 1.29 is 19.8 Å². The second-order valence-electron chi connectivity index (χ2n) is 5.15. The maximum atomic E-state index is 12.1. The van der Waals surface area contributed by atoms with Gasteiger partial charge in [0.05, 0.1) is 6.10 Å². The zero-order chi connectivity index (χ0) is 15.3. The lowest BCUT2D eigenvalue weighted by atomic mass is 10.0. The number of likely N-dealkylation sites (tertiary alicyclic amines) is 1. The van der Waals surface area contributed by atoms with Crippen LogP contribution in [0.3, 0.4) is 0 Å². The average Bonchev–Trinajstić information content (AvgIpc) is 2.83. The molecule has 6 nitrogen and oxygen atoms in total. The molecule has 0 aromatic rings. The van der Waals surface area contributed by atoms with E-state index >= 15 is 0 Å². The summed E-state index contributed by atoms with van der Waals surface area (Å²) in [6.45, 7) is 4.73. The maximum Gasteiger partial charge on any atom is 0.326 e. The molecule has 2 atom stereocenters. The minimum atomic E-state index is -1.07. The highest BCUT2D eigenvalue weighted by Gasteiger charge is 2.39. The summed E-state index contributed by atoms with van der Waals surface area (Å²) in [5, 5.41) is 21.4. The zero-order valence-corrected chi connectivity index (χ0v) is 13.1. The molecule has 0 radical (unpaired) electrons. The summed E-state index contributed by atoms with van der Waals surface area (Å²) >= 11 is 1.71. The number of carbonyl (C=O) groups excluding carboxylic acids is 1. The van der Waals surface area contributed by atoms with Crippen LogP contribution in [0.25, 0.3) is 0 Å². The summed E-state index contributed by atoms with van der Waals surface area (Å²) in [5.41, 5.74) is 0. The molecule has 1 rings (SSSR count). The largest absolute Gasteiger partial charge is 0.480 e. The van der Waals surface area contributed by atoms with E-state index in [1.165, 1.54) is 4.90 Å². The minimum absolute atomic E-state index is 0.0211. The molecule has 0 aromatic carbocycles. The van der Waals surface area contributed by atoms with Gasteiger partial charge in [0.15, 0.2) is 0 Å². The number of urea groups is 1. The van der Waals surface area contributed by atoms with Crippen molar-refractivity contribution in [1.82, 2.24) is 10.2 Å². The second-order valence-corrected chi connectivity index (χ2v) is 6.42. The van der Waals surface area contributed by atoms with Crippen LogP contribution in [0.1, 0.15) is 33.1 Å². The number of carbonyl (C=O) groups is 2. The highest BCUT2D eigenvalue weighted by atomic mass is 32.2. The van der Waals surface area contributed by atoms with Crippen molar-refractivity contribution in [1.29, 1.82) is 0 Å². The van der Waals surface area contributed by atoms with Crippen LogP contribution in [0.4, 0.5) is 4.79 Å². The van der Waals surface area contributed by atoms with Crippen LogP contribution >= 0.6 is 11.8 Å². The highest BCUT2D eigenvalue weighted by molar-refractivity contribution is 8.00. The molecular weight excluding hydrogens is 280 g/mol. The average molecular weight is 304 g/mol. The molecule has 0 aliphatic carbocycles. The molecule has 2 amide bonds. The van der Waals surface area contributed by atoms with Gasteiger partial charge < -0.3 is 20.4 Å². The van der Waals surface area contributed by atoms with E-state index in [1.807, 2.05) is 6.26 Å². The Morgan fingerprint density at radius 1 is 1.40 bits per heavy atom. The Kier molecular flexibility index (Phi) is 6.13. The summed E-state index contributed by atoms with van der Waals surface area (Å²) in [5.74, 6) is -1.07. The summed E-state index contributed by atoms with van der Waals surface area (Å²) < 4.78 is -0.0211. The SMILES string of the molecule is CCC(CC)(CNC(=O)N1C[C@@H](O)C[C@H]1C(=O)O)SC. The quantitative estimate of drug-likeness (QED) is 0.684. The number of nitrogens with one attached hydrogen (secondary N) is 1. The Morgan fingerprint density at radius 3 is 2.45 bits per heavy atom. The molecule has 0 saturated carbocycles. The smallest absolute Gasteiger partial charge is 0.326 e. The molecule has 0 spiro atoms. The van der Waals surface area contributed by atoms with Crippen LogP contribution in [0, 0.1) is 0 Å². The van der Waals surface area contributed by atoms with Gasteiger partial charge in [0.2, 0.25) is 0 Å². The van der Waals surface area contributed by atoms with Gasteiger partial charge in [-0.15, -0.1) is 0 Å². The molecule has 0 unspecified atom stereocenters. The molecule has 1 saturated heterocycles. The fourth-order valence-corrected chi connectivity index (χ4v) is 3.27. The third-order valence-electron chi connectivity index (χ3n) is 4.11. The van der Waals surface area contributed by atoms with Crippen molar-refractivity contribution in [2.45, 2.75) is 50.0 Å². The molecular formula is C13H24N2O4S. The summed E-state index contributed by atoms with van der Waals surface area (Å²) in [6, 6.07) is -1.34. The number of nitrogens with zero attached hydrogens (tertiary/aromatic N) is 1. The predicted molar refractivity (Wildman–Crippen MR) is 79.0 cm³/mol. The maximum absolute atomic E-state index is 12.1. The van der Waals surface area contributed by atoms with Crippen molar-refractivity contribution in [3.05, 3.63) is 0 Å². The van der Waals surface area contributed by atoms with Gasteiger partial charge in [0.1, 0.15) is 6.04 Å². The number of rotatable bonds is 6. The van der Waals surface area contributed by atoms with E-state index in [2.05, 4.69) is 19.2 Å². The first-order valence-corrected chi connectivity index (χ1v) is 8.12. The van der Waals surface area contributed by atoms with Crippen LogP contribution in [-0.4, -0.2) is 63.4 Å². The van der Waals surface area contributed by atoms with Gasteiger partial charge in [0.25, 0.3) is 0 Å². The van der Waals surface area contributed by atoms with Crippen molar-refractivity contribution in [3.63, 3.8) is 0 Å². The number of aliphatic hydroxyl groups is 1. The summed E-state index contributed by atoms with van der Waals surface area (Å²) in [6.07, 6.45) is 3.20. The van der Waals surface area contributed by atoms with Crippen LogP contribution in [0.2, 0.25) is 0 Å². The lowest BCUT2D eigenvalue weighted by Gasteiger charge is -2.31. The first-order valence-electron chi connectivity index (χ1n) is 6.89. The first kappa shape index (κ1) is 17.1. The third kappa shape index (κ3) is 3.79. The molecule has 1 heterocycles. The number of aliphatic hydroxyl groups excluding tert-OH is 1. The molecule has 116 valence electrons. The van der Waals surface area contributed by atoms with E-state index in [0.717, 1.165) is 12.8 Å². The van der Waals surface area contributed by atoms with Gasteiger partial charge in [-0.05, 0) is 19.1 Å². The fourth-order valence-electron chi connectivity index (χ4n) is 2.47. The Hall–Kier alpha value is -0.950. The second kappa shape index (κ2) is 7.17. The van der Waals surface area contributed by atoms with Crippen LogP contribution < -0.4 is 5.32 Å². The number of carboxylic acid groups (broad SMARTS) is 1. The van der Waals surface area contributed by atoms with E-state index in [4.69, 9.17) is 5.11 Å². The Bertz CT molecular complexity index is 352. The number of carboxylic acids is 1. The Balaban J connectivity index is 2.64. The first-order chi connectivity index (χ1) is 9.39. The third-order valence-corrected chi connectivity index (χ3v) is 5.70. The molecule has 7 heteroatoms. The monoisotopic (exact) mass is 304 g/mol. The van der Waals surface area contributed by atoms with Gasteiger partial charge in [-0.3, -0.25) is 0 Å². The highest BCUT2D eigenvalue weighted by Crippen LogP contribution is 2.29. The van der Waals surface area contributed by atoms with Crippen molar-refractivity contribution in [2.24, 2.45) is 0 Å². The van der Waals surface area contributed by atoms with Crippen molar-refractivity contribution >= 4 is 23.8 Å². The number of hydrogen-bond donors (Lipinski definition) is 3. The molecule has 1 aliphatic heterocycles. The number of aliphatic carboxylic acids is 1. The molecule has 0 bridgehead atoms. The van der Waals surface area contributed by atoms with Gasteiger partial charge >= 0.3 is 12.0 Å². The van der Waals surface area contributed by atoms with Gasteiger partial charge in [0, 0.05) is 24.3 Å². The zero-order valence-electron chi connectivity index (χ0n) is 12.3. The van der Waals surface area contributed by atoms with Gasteiger partial charge in [-0.2, -0.15) is 11.8 Å². The molecule has 0 aromatic heterocycles. The number of β-amino-alcohol motifs (C(OH)–C–C–N with tert-alkyl or cyclic N) is 1. The Labute approximate surface area is 123 Å². The Morgan fingerprint density at radius 2 is 2.00 bits per heavy atom. The molecule has 20 heavy (non-hydrogen) atoms. The van der Waals surface area contributed by atoms with Crippen LogP contribution in [0.5, 0.6) is 0 Å². The van der Waals surface area contributed by atoms with E-state index in [9.17, 15) is 14.7 Å². The minimum Gasteiger partial charge on any atom is -0.480 e. The molecule has 1 fully saturated rings. The van der Waals surface area contributed by atoms with Crippen molar-refractivity contribution in [3.8, 4) is 0 Å². The van der Waals surface area contributed by atoms with Crippen molar-refractivity contribution in [2.75, 3.05) is 19.3 Å².